The summed E-state index contributed by atoms with van der Waals surface area (Å²) in [5.41, 5.74) is 2.53. The molecular weight excluding hydrogens is 474 g/mol. The van der Waals surface area contributed by atoms with E-state index in [0.29, 0.717) is 18.1 Å². The number of anilines is 1. The number of aromatic nitrogens is 3. The Morgan fingerprint density at radius 3 is 2.51 bits per heavy atom. The molecule has 1 atom stereocenters. The molecule has 2 aromatic heterocycles. The molecule has 4 rings (SSSR count). The lowest BCUT2D eigenvalue weighted by Gasteiger charge is -2.22. The third-order valence-electron chi connectivity index (χ3n) is 5.64. The first-order chi connectivity index (χ1) is 17.2. The maximum absolute atomic E-state index is 6.16. The lowest BCUT2D eigenvalue weighted by atomic mass is 9.98. The minimum Gasteiger partial charge on any atom is -0.477 e. The van der Waals surface area contributed by atoms with E-state index in [2.05, 4.69) is 22.3 Å². The zero-order valence-corrected chi connectivity index (χ0v) is 21.8. The third kappa shape index (κ3) is 6.32. The second-order valence-electron chi connectivity index (χ2n) is 8.21. The molecule has 0 aliphatic carbocycles. The largest absolute Gasteiger partial charge is 0.477 e. The van der Waals surface area contributed by atoms with Crippen LogP contribution in [0.1, 0.15) is 56.7 Å². The van der Waals surface area contributed by atoms with Crippen LogP contribution in [0.2, 0.25) is 0 Å². The molecule has 6 nitrogen and oxygen atoms in total. The van der Waals surface area contributed by atoms with Gasteiger partial charge in [0.2, 0.25) is 5.88 Å². The Labute approximate surface area is 215 Å². The standard InChI is InChI=1S/C27H31N5OS2/c1-3-5-6-13-18-22(25(34)30-20-14-9-7-10-15-20)23-27(33-4-2)32-24(28-19-29-32)26(35-23)31-21-16-11-8-12-17-21/h7-12,14-17,19,22H,3-6,13,18H2,1-2H3,(H,30,34). The molecule has 0 aliphatic heterocycles. The van der Waals surface area contributed by atoms with Gasteiger partial charge >= 0.3 is 0 Å². The van der Waals surface area contributed by atoms with Crippen molar-refractivity contribution in [1.29, 1.82) is 0 Å². The number of para-hydroxylation sites is 2. The highest BCUT2D eigenvalue weighted by molar-refractivity contribution is 7.80. The maximum atomic E-state index is 6.16. The zero-order chi connectivity index (χ0) is 24.5. The number of thiocarbonyl (C=S) groups is 1. The molecule has 1 N–H and O–H groups in total. The molecule has 0 spiro atoms. The van der Waals surface area contributed by atoms with Gasteiger partial charge in [-0.25, -0.2) is 9.98 Å². The first-order valence-corrected chi connectivity index (χ1v) is 13.4. The monoisotopic (exact) mass is 505 g/mol. The van der Waals surface area contributed by atoms with E-state index in [-0.39, 0.29) is 5.92 Å². The fourth-order valence-corrected chi connectivity index (χ4v) is 5.55. The number of fused-ring (bicyclic) bond motifs is 1. The molecule has 2 heterocycles. The Kier molecular flexibility index (Phi) is 8.97. The summed E-state index contributed by atoms with van der Waals surface area (Å²) in [4.78, 5) is 11.2. The number of hydrogen-bond donors (Lipinski definition) is 1. The van der Waals surface area contributed by atoms with Gasteiger partial charge in [0.05, 0.1) is 22.2 Å². The highest BCUT2D eigenvalue weighted by Gasteiger charge is 2.26. The number of rotatable bonds is 11. The second-order valence-corrected chi connectivity index (χ2v) is 9.68. The first-order valence-electron chi connectivity index (χ1n) is 12.2. The van der Waals surface area contributed by atoms with Crippen molar-refractivity contribution >= 4 is 45.6 Å². The van der Waals surface area contributed by atoms with Gasteiger partial charge in [0.1, 0.15) is 6.33 Å². The van der Waals surface area contributed by atoms with Crippen LogP contribution in [0.25, 0.3) is 5.65 Å². The van der Waals surface area contributed by atoms with Crippen LogP contribution < -0.4 is 14.7 Å². The van der Waals surface area contributed by atoms with Gasteiger partial charge in [0, 0.05) is 11.6 Å². The minimum absolute atomic E-state index is 0.0352. The van der Waals surface area contributed by atoms with Crippen molar-refractivity contribution in [1.82, 2.24) is 14.6 Å². The van der Waals surface area contributed by atoms with Crippen molar-refractivity contribution in [3.63, 3.8) is 0 Å². The smallest absolute Gasteiger partial charge is 0.230 e. The van der Waals surface area contributed by atoms with Gasteiger partial charge in [0.15, 0.2) is 10.3 Å². The summed E-state index contributed by atoms with van der Waals surface area (Å²) >= 11 is 7.59. The van der Waals surface area contributed by atoms with E-state index in [1.807, 2.05) is 67.6 Å². The molecular formula is C27H31N5OS2. The van der Waals surface area contributed by atoms with Crippen molar-refractivity contribution in [3.8, 4) is 5.88 Å². The molecule has 0 fully saturated rings. The molecule has 2 aromatic carbocycles. The molecule has 35 heavy (non-hydrogen) atoms. The molecule has 8 heteroatoms. The van der Waals surface area contributed by atoms with Gasteiger partial charge in [-0.15, -0.1) is 11.3 Å². The van der Waals surface area contributed by atoms with E-state index in [0.717, 1.165) is 38.8 Å². The Morgan fingerprint density at radius 1 is 1.06 bits per heavy atom. The summed E-state index contributed by atoms with van der Waals surface area (Å²) in [7, 11) is 0. The molecule has 0 amide bonds. The van der Waals surface area contributed by atoms with E-state index >= 15 is 0 Å². The van der Waals surface area contributed by atoms with Crippen LogP contribution in [0, 0.1) is 0 Å². The quantitative estimate of drug-likeness (QED) is 0.177. The fraction of sp³-hybridized carbons (Fsp3) is 0.333. The van der Waals surface area contributed by atoms with Crippen LogP contribution in [0.15, 0.2) is 72.0 Å². The predicted octanol–water partition coefficient (Wildman–Crippen LogP) is 6.92. The molecule has 0 saturated carbocycles. The van der Waals surface area contributed by atoms with Crippen molar-refractivity contribution < 1.29 is 4.74 Å². The average molecular weight is 506 g/mol. The summed E-state index contributed by atoms with van der Waals surface area (Å²) in [5.74, 6) is 0.654. The highest BCUT2D eigenvalue weighted by atomic mass is 32.1. The van der Waals surface area contributed by atoms with Crippen LogP contribution >= 0.6 is 23.6 Å². The van der Waals surface area contributed by atoms with Crippen LogP contribution in [-0.2, 0) is 0 Å². The normalized spacial score (nSPS) is 12.6. The van der Waals surface area contributed by atoms with E-state index in [1.54, 1.807) is 22.2 Å². The van der Waals surface area contributed by atoms with Crippen LogP contribution in [0.4, 0.5) is 11.4 Å². The Bertz CT molecular complexity index is 1300. The summed E-state index contributed by atoms with van der Waals surface area (Å²) in [6, 6.07) is 20.0. The molecule has 182 valence electrons. The van der Waals surface area contributed by atoms with Gasteiger partial charge in [0.25, 0.3) is 0 Å². The number of nitrogens with zero attached hydrogens (tertiary/aromatic N) is 4. The third-order valence-corrected chi connectivity index (χ3v) is 7.17. The van der Waals surface area contributed by atoms with Crippen LogP contribution in [-0.4, -0.2) is 26.2 Å². The number of benzene rings is 2. The van der Waals surface area contributed by atoms with E-state index in [4.69, 9.17) is 21.9 Å². The first kappa shape index (κ1) is 25.0. The maximum Gasteiger partial charge on any atom is 0.230 e. The molecule has 1 unspecified atom stereocenters. The van der Waals surface area contributed by atoms with Crippen LogP contribution in [0.3, 0.4) is 0 Å². The minimum atomic E-state index is -0.0352. The van der Waals surface area contributed by atoms with Crippen molar-refractivity contribution in [2.24, 2.45) is 4.99 Å². The molecule has 0 radical (unpaired) electrons. The molecule has 0 aliphatic rings. The molecule has 4 aromatic rings. The van der Waals surface area contributed by atoms with Gasteiger partial charge < -0.3 is 10.1 Å². The number of hydrogen-bond acceptors (Lipinski definition) is 6. The fourth-order valence-electron chi connectivity index (χ4n) is 3.92. The van der Waals surface area contributed by atoms with E-state index < -0.39 is 0 Å². The van der Waals surface area contributed by atoms with Crippen molar-refractivity contribution in [2.75, 3.05) is 11.9 Å². The Morgan fingerprint density at radius 2 is 1.80 bits per heavy atom. The summed E-state index contributed by atoms with van der Waals surface area (Å²) in [5, 5.41) is 7.97. The summed E-state index contributed by atoms with van der Waals surface area (Å²) in [6.45, 7) is 4.73. The van der Waals surface area contributed by atoms with E-state index in [9.17, 15) is 0 Å². The Balaban J connectivity index is 1.83. The highest BCUT2D eigenvalue weighted by Crippen LogP contribution is 2.35. The lowest BCUT2D eigenvalue weighted by Crippen LogP contribution is -2.22. The predicted molar refractivity (Wildman–Crippen MR) is 148 cm³/mol. The van der Waals surface area contributed by atoms with E-state index in [1.165, 1.54) is 19.3 Å². The van der Waals surface area contributed by atoms with Crippen molar-refractivity contribution in [2.45, 2.75) is 51.9 Å². The number of unbranched alkanes of at least 4 members (excludes halogenated alkanes) is 3. The Hall–Kier alpha value is -3.10. The van der Waals surface area contributed by atoms with Gasteiger partial charge in [-0.05, 0) is 37.6 Å². The topological polar surface area (TPSA) is 63.8 Å². The van der Waals surface area contributed by atoms with Crippen molar-refractivity contribution in [3.05, 3.63) is 76.5 Å². The summed E-state index contributed by atoms with van der Waals surface area (Å²) < 4.78 is 8.72. The molecule has 0 bridgehead atoms. The van der Waals surface area contributed by atoms with Crippen LogP contribution in [0.5, 0.6) is 5.88 Å². The number of ether oxygens (including phenoxy) is 1. The number of nitrogens with one attached hydrogen (secondary N) is 1. The second kappa shape index (κ2) is 12.6. The average Bonchev–Trinajstić information content (AvgIpc) is 3.37. The SMILES string of the molecule is CCCCCCC(C(=S)Nc1ccccc1)c1sc(=Nc2ccccc2)c2ncnn2c1OCC. The van der Waals surface area contributed by atoms with Gasteiger partial charge in [-0.2, -0.15) is 9.61 Å². The van der Waals surface area contributed by atoms with Gasteiger partial charge in [-0.3, -0.25) is 0 Å². The molecule has 0 saturated heterocycles. The zero-order valence-electron chi connectivity index (χ0n) is 20.2. The summed E-state index contributed by atoms with van der Waals surface area (Å²) in [6.07, 6.45) is 7.12. The lowest BCUT2D eigenvalue weighted by molar-refractivity contribution is 0.314. The van der Waals surface area contributed by atoms with Gasteiger partial charge in [-0.1, -0.05) is 81.2 Å².